The molecule has 1 aliphatic heterocycles. The second-order valence-electron chi connectivity index (χ2n) is 12.6. The van der Waals surface area contributed by atoms with Crippen molar-refractivity contribution in [2.24, 2.45) is 5.73 Å². The zero-order valence-corrected chi connectivity index (χ0v) is 26.1. The first-order chi connectivity index (χ1) is 20.4. The van der Waals surface area contributed by atoms with Gasteiger partial charge in [-0.05, 0) is 54.5 Å². The number of methoxy groups -OCH3 is 2. The summed E-state index contributed by atoms with van der Waals surface area (Å²) in [6.07, 6.45) is 4.66. The minimum atomic E-state index is -1.22. The van der Waals surface area contributed by atoms with Gasteiger partial charge < -0.3 is 29.8 Å². The molecule has 43 heavy (non-hydrogen) atoms. The zero-order valence-electron chi connectivity index (χ0n) is 26.1. The number of imidazole rings is 1. The van der Waals surface area contributed by atoms with Crippen LogP contribution < -0.4 is 5.73 Å². The SMILES string of the molecule is COCCCn1c(C(C)(C)C)cnc1C1(O)CCCN(C(=O)C[C@H](N)Cc2ccc(-c3ccc(C(=O)OC)cc3)cc2)C1. The van der Waals surface area contributed by atoms with Crippen LogP contribution in [0.1, 0.15) is 73.9 Å². The van der Waals surface area contributed by atoms with Crippen molar-refractivity contribution in [2.75, 3.05) is 33.9 Å². The summed E-state index contributed by atoms with van der Waals surface area (Å²) in [6.45, 7) is 8.52. The number of ether oxygens (including phenoxy) is 2. The fourth-order valence-electron chi connectivity index (χ4n) is 5.85. The van der Waals surface area contributed by atoms with E-state index in [0.29, 0.717) is 50.3 Å². The van der Waals surface area contributed by atoms with Crippen LogP contribution in [0.25, 0.3) is 11.1 Å². The molecule has 1 fully saturated rings. The minimum absolute atomic E-state index is 0.0542. The number of nitrogens with two attached hydrogens (primary N) is 1. The van der Waals surface area contributed by atoms with E-state index in [4.69, 9.17) is 20.2 Å². The summed E-state index contributed by atoms with van der Waals surface area (Å²) in [5.74, 6) is 0.204. The second-order valence-corrected chi connectivity index (χ2v) is 12.6. The molecule has 9 nitrogen and oxygen atoms in total. The summed E-state index contributed by atoms with van der Waals surface area (Å²) in [5.41, 5.74) is 9.71. The highest BCUT2D eigenvalue weighted by Crippen LogP contribution is 2.34. The first-order valence-electron chi connectivity index (χ1n) is 15.0. The lowest BCUT2D eigenvalue weighted by Crippen LogP contribution is -2.50. The number of amides is 1. The molecule has 0 spiro atoms. The number of piperidine rings is 1. The lowest BCUT2D eigenvalue weighted by Gasteiger charge is -2.39. The van der Waals surface area contributed by atoms with E-state index in [-0.39, 0.29) is 36.3 Å². The topological polar surface area (TPSA) is 120 Å². The van der Waals surface area contributed by atoms with Gasteiger partial charge in [0.15, 0.2) is 0 Å². The number of esters is 1. The Morgan fingerprint density at radius 2 is 1.72 bits per heavy atom. The van der Waals surface area contributed by atoms with E-state index in [1.807, 2.05) is 42.6 Å². The molecule has 2 atom stereocenters. The summed E-state index contributed by atoms with van der Waals surface area (Å²) in [6, 6.07) is 15.0. The predicted octanol–water partition coefficient (Wildman–Crippen LogP) is 4.44. The number of benzene rings is 2. The summed E-state index contributed by atoms with van der Waals surface area (Å²) < 4.78 is 12.2. The van der Waals surface area contributed by atoms with Gasteiger partial charge in [0.2, 0.25) is 5.91 Å². The van der Waals surface area contributed by atoms with Crippen LogP contribution in [-0.2, 0) is 38.2 Å². The summed E-state index contributed by atoms with van der Waals surface area (Å²) in [5, 5.41) is 11.9. The van der Waals surface area contributed by atoms with Gasteiger partial charge in [-0.25, -0.2) is 9.78 Å². The van der Waals surface area contributed by atoms with Crippen LogP contribution in [0, 0.1) is 0 Å². The Labute approximate surface area is 255 Å². The molecule has 9 heteroatoms. The number of nitrogens with zero attached hydrogens (tertiary/aromatic N) is 3. The highest BCUT2D eigenvalue weighted by molar-refractivity contribution is 5.90. The molecule has 0 radical (unpaired) electrons. The van der Waals surface area contributed by atoms with E-state index < -0.39 is 5.60 Å². The lowest BCUT2D eigenvalue weighted by molar-refractivity contribution is -0.139. The Morgan fingerprint density at radius 3 is 2.33 bits per heavy atom. The molecule has 1 unspecified atom stereocenters. The van der Waals surface area contributed by atoms with E-state index in [1.165, 1.54) is 7.11 Å². The summed E-state index contributed by atoms with van der Waals surface area (Å²) in [4.78, 5) is 31.5. The van der Waals surface area contributed by atoms with Crippen molar-refractivity contribution in [1.82, 2.24) is 14.5 Å². The van der Waals surface area contributed by atoms with Crippen molar-refractivity contribution < 1.29 is 24.2 Å². The Bertz CT molecular complexity index is 1380. The molecular formula is C34H46N4O5. The molecule has 2 heterocycles. The molecule has 3 aromatic rings. The number of carbonyl (C=O) groups excluding carboxylic acids is 2. The van der Waals surface area contributed by atoms with Gasteiger partial charge in [-0.2, -0.15) is 0 Å². The first-order valence-corrected chi connectivity index (χ1v) is 15.0. The van der Waals surface area contributed by atoms with Crippen LogP contribution in [0.15, 0.2) is 54.7 Å². The molecule has 1 aliphatic rings. The number of hydrogen-bond donors (Lipinski definition) is 2. The van der Waals surface area contributed by atoms with E-state index in [2.05, 4.69) is 25.3 Å². The Balaban J connectivity index is 1.38. The van der Waals surface area contributed by atoms with Crippen LogP contribution in [0.3, 0.4) is 0 Å². The average Bonchev–Trinajstić information content (AvgIpc) is 3.43. The third kappa shape index (κ3) is 7.90. The molecule has 0 bridgehead atoms. The highest BCUT2D eigenvalue weighted by Gasteiger charge is 2.41. The van der Waals surface area contributed by atoms with Gasteiger partial charge in [0.1, 0.15) is 11.4 Å². The number of hydrogen-bond acceptors (Lipinski definition) is 7. The van der Waals surface area contributed by atoms with Gasteiger partial charge in [-0.15, -0.1) is 0 Å². The molecule has 232 valence electrons. The average molecular weight is 591 g/mol. The van der Waals surface area contributed by atoms with Crippen molar-refractivity contribution in [3.63, 3.8) is 0 Å². The highest BCUT2D eigenvalue weighted by atomic mass is 16.5. The Morgan fingerprint density at radius 1 is 1.07 bits per heavy atom. The monoisotopic (exact) mass is 590 g/mol. The van der Waals surface area contributed by atoms with Crippen molar-refractivity contribution in [3.8, 4) is 11.1 Å². The van der Waals surface area contributed by atoms with Gasteiger partial charge in [0, 0.05) is 56.6 Å². The van der Waals surface area contributed by atoms with E-state index in [0.717, 1.165) is 28.8 Å². The standard InChI is InChI=1S/C34H46N4O5/c1-33(2,3)29-22-36-32(38(29)18-7-19-42-4)34(41)16-6-17-37(23-34)30(39)21-28(35)20-24-8-10-25(11-9-24)26-12-14-27(15-13-26)31(40)43-5/h8-15,22,28,41H,6-7,16-21,23,35H2,1-5H3/t28-,34?/m1/s1. The van der Waals surface area contributed by atoms with E-state index >= 15 is 0 Å². The van der Waals surface area contributed by atoms with E-state index in [9.17, 15) is 14.7 Å². The van der Waals surface area contributed by atoms with Crippen molar-refractivity contribution in [3.05, 3.63) is 77.4 Å². The van der Waals surface area contributed by atoms with Crippen LogP contribution in [0.4, 0.5) is 0 Å². The van der Waals surface area contributed by atoms with Crippen molar-refractivity contribution in [2.45, 2.75) is 76.5 Å². The molecule has 2 aromatic carbocycles. The fraction of sp³-hybridized carbons (Fsp3) is 0.500. The third-order valence-electron chi connectivity index (χ3n) is 8.12. The number of aromatic nitrogens is 2. The predicted molar refractivity (Wildman–Crippen MR) is 167 cm³/mol. The van der Waals surface area contributed by atoms with Gasteiger partial charge in [-0.3, -0.25) is 4.79 Å². The molecule has 4 rings (SSSR count). The number of likely N-dealkylation sites (tertiary alicyclic amines) is 1. The summed E-state index contributed by atoms with van der Waals surface area (Å²) in [7, 11) is 3.05. The molecular weight excluding hydrogens is 544 g/mol. The Kier molecular flexibility index (Phi) is 10.4. The maximum absolute atomic E-state index is 13.4. The third-order valence-corrected chi connectivity index (χ3v) is 8.12. The van der Waals surface area contributed by atoms with Gasteiger partial charge in [0.25, 0.3) is 0 Å². The number of carbonyl (C=O) groups is 2. The van der Waals surface area contributed by atoms with Crippen LogP contribution in [-0.4, -0.2) is 71.4 Å². The van der Waals surface area contributed by atoms with Gasteiger partial charge in [-0.1, -0.05) is 57.2 Å². The van der Waals surface area contributed by atoms with Crippen molar-refractivity contribution >= 4 is 11.9 Å². The molecule has 1 amide bonds. The molecule has 0 saturated carbocycles. The smallest absolute Gasteiger partial charge is 0.337 e. The number of rotatable bonds is 11. The summed E-state index contributed by atoms with van der Waals surface area (Å²) >= 11 is 0. The van der Waals surface area contributed by atoms with Gasteiger partial charge >= 0.3 is 5.97 Å². The number of aliphatic hydroxyl groups is 1. The second kappa shape index (κ2) is 13.8. The fourth-order valence-corrected chi connectivity index (χ4v) is 5.85. The molecule has 1 aromatic heterocycles. The Hall–Kier alpha value is -3.53. The maximum atomic E-state index is 13.4. The quantitative estimate of drug-likeness (QED) is 0.250. The van der Waals surface area contributed by atoms with Crippen molar-refractivity contribution in [1.29, 1.82) is 0 Å². The van der Waals surface area contributed by atoms with Crippen LogP contribution >= 0.6 is 0 Å². The zero-order chi connectivity index (χ0) is 31.2. The largest absolute Gasteiger partial charge is 0.465 e. The van der Waals surface area contributed by atoms with Gasteiger partial charge in [0.05, 0.1) is 19.2 Å². The van der Waals surface area contributed by atoms with E-state index in [1.54, 1.807) is 24.1 Å². The first kappa shape index (κ1) is 32.4. The van der Waals surface area contributed by atoms with Crippen LogP contribution in [0.5, 0.6) is 0 Å². The normalized spacial score (nSPS) is 18.0. The van der Waals surface area contributed by atoms with Crippen LogP contribution in [0.2, 0.25) is 0 Å². The molecule has 0 aliphatic carbocycles. The minimum Gasteiger partial charge on any atom is -0.465 e. The number of β-amino-alcohol motifs (C(OH)–C–C–N with tert-alkyl or cyclic N) is 1. The molecule has 3 N–H and O–H groups in total. The lowest BCUT2D eigenvalue weighted by atomic mass is 9.90. The maximum Gasteiger partial charge on any atom is 0.337 e. The molecule has 1 saturated heterocycles.